The van der Waals surface area contributed by atoms with Crippen LogP contribution in [0, 0.1) is 11.8 Å². The molecule has 0 aromatic heterocycles. The zero-order valence-electron chi connectivity index (χ0n) is 23.2. The van der Waals surface area contributed by atoms with Crippen LogP contribution in [0.2, 0.25) is 0 Å². The topological polar surface area (TPSA) is 96.8 Å². The fourth-order valence-corrected chi connectivity index (χ4v) is 6.21. The molecule has 0 spiro atoms. The first kappa shape index (κ1) is 29.2. The van der Waals surface area contributed by atoms with Gasteiger partial charge in [0.2, 0.25) is 11.3 Å². The molecule has 0 amide bonds. The molecule has 0 saturated carbocycles. The van der Waals surface area contributed by atoms with Crippen LogP contribution in [0.1, 0.15) is 30.0 Å². The second-order valence-corrected chi connectivity index (χ2v) is 11.3. The number of benzene rings is 3. The Balaban J connectivity index is 1.22. The maximum absolute atomic E-state index is 11.9. The fourth-order valence-electron chi connectivity index (χ4n) is 5.47. The molecule has 10 heteroatoms. The minimum atomic E-state index is -2.28. The molecule has 2 heterocycles. The smallest absolute Gasteiger partial charge is 0.305 e. The van der Waals surface area contributed by atoms with Crippen molar-refractivity contribution in [1.29, 1.82) is 0 Å². The van der Waals surface area contributed by atoms with Gasteiger partial charge in [-0.2, -0.15) is 0 Å². The van der Waals surface area contributed by atoms with Gasteiger partial charge >= 0.3 is 5.97 Å². The first-order chi connectivity index (χ1) is 19.9. The number of rotatable bonds is 8. The van der Waals surface area contributed by atoms with Crippen molar-refractivity contribution in [2.75, 3.05) is 57.4 Å². The van der Waals surface area contributed by atoms with Gasteiger partial charge in [-0.25, -0.2) is 9.22 Å². The van der Waals surface area contributed by atoms with Gasteiger partial charge in [0.1, 0.15) is 0 Å². The molecular weight excluding hydrogens is 540 g/mol. The average Bonchev–Trinajstić information content (AvgIpc) is 2.97. The molecule has 3 aromatic rings. The second-order valence-electron chi connectivity index (χ2n) is 10.5. The molecule has 0 bridgehead atoms. The number of hydrogen-bond donors (Lipinski definition) is 2. The van der Waals surface area contributed by atoms with Crippen LogP contribution in [0.15, 0.2) is 60.7 Å². The highest BCUT2D eigenvalue weighted by Crippen LogP contribution is 2.23. The molecule has 9 nitrogen and oxygen atoms in total. The Morgan fingerprint density at radius 2 is 1.66 bits per heavy atom. The normalized spacial score (nSPS) is 18.2. The standard InChI is InChI=1S/C31H36N4O5S/c1-24(21-31(36)37)35(41(38)39)34-15-13-33(14-16-34)29-11-8-25(9-12-29)5-6-26-7-10-27-3-2-4-28(30(27)22-26)23-32-17-19-40-20-18-32/h2-4,7-12,22,24H,13-21,23H2,1H3,(H,36,37)(H,38,39). The van der Waals surface area contributed by atoms with Gasteiger partial charge in [-0.3, -0.25) is 14.2 Å². The summed E-state index contributed by atoms with van der Waals surface area (Å²) in [5.41, 5.74) is 4.28. The summed E-state index contributed by atoms with van der Waals surface area (Å²) in [6, 6.07) is 20.4. The zero-order valence-corrected chi connectivity index (χ0v) is 24.1. The van der Waals surface area contributed by atoms with Gasteiger partial charge in [0, 0.05) is 68.7 Å². The Hall–Kier alpha value is -3.30. The van der Waals surface area contributed by atoms with Gasteiger partial charge < -0.3 is 14.7 Å². The summed E-state index contributed by atoms with van der Waals surface area (Å²) in [5.74, 6) is 5.63. The van der Waals surface area contributed by atoms with Crippen molar-refractivity contribution in [3.8, 4) is 11.8 Å². The number of nitrogens with zero attached hydrogens (tertiary/aromatic N) is 4. The largest absolute Gasteiger partial charge is 0.481 e. The molecule has 41 heavy (non-hydrogen) atoms. The molecular formula is C31H36N4O5S. The lowest BCUT2D eigenvalue weighted by Crippen LogP contribution is -2.57. The fraction of sp³-hybridized carbons (Fsp3) is 0.387. The van der Waals surface area contributed by atoms with Gasteiger partial charge in [0.15, 0.2) is 0 Å². The predicted octanol–water partition coefficient (Wildman–Crippen LogP) is 3.41. The van der Waals surface area contributed by atoms with E-state index >= 15 is 0 Å². The zero-order chi connectivity index (χ0) is 28.8. The maximum Gasteiger partial charge on any atom is 0.305 e. The third kappa shape index (κ3) is 7.51. The molecule has 5 rings (SSSR count). The van der Waals surface area contributed by atoms with E-state index in [0.717, 1.165) is 49.7 Å². The number of aliphatic carboxylic acids is 1. The molecule has 2 atom stereocenters. The number of carbonyl (C=O) groups is 1. The molecule has 2 unspecified atom stereocenters. The van der Waals surface area contributed by atoms with Crippen LogP contribution >= 0.6 is 0 Å². The lowest BCUT2D eigenvalue weighted by Gasteiger charge is -2.41. The van der Waals surface area contributed by atoms with E-state index in [1.165, 1.54) is 20.8 Å². The van der Waals surface area contributed by atoms with Gasteiger partial charge in [0.05, 0.1) is 19.6 Å². The van der Waals surface area contributed by atoms with E-state index < -0.39 is 23.3 Å². The number of anilines is 1. The average molecular weight is 577 g/mol. The molecule has 2 aliphatic rings. The maximum atomic E-state index is 11.9. The van der Waals surface area contributed by atoms with Gasteiger partial charge in [-0.05, 0) is 59.7 Å². The van der Waals surface area contributed by atoms with E-state index in [1.54, 1.807) is 11.9 Å². The van der Waals surface area contributed by atoms with Gasteiger partial charge in [0.25, 0.3) is 0 Å². The molecule has 2 aliphatic heterocycles. The van der Waals surface area contributed by atoms with Crippen molar-refractivity contribution in [2.24, 2.45) is 0 Å². The van der Waals surface area contributed by atoms with E-state index in [-0.39, 0.29) is 6.42 Å². The van der Waals surface area contributed by atoms with Crippen LogP contribution in [-0.4, -0.2) is 92.7 Å². The van der Waals surface area contributed by atoms with E-state index in [0.29, 0.717) is 26.2 Å². The highest BCUT2D eigenvalue weighted by atomic mass is 32.2. The van der Waals surface area contributed by atoms with E-state index in [9.17, 15) is 13.6 Å². The summed E-state index contributed by atoms with van der Waals surface area (Å²) in [4.78, 5) is 15.7. The van der Waals surface area contributed by atoms with Crippen LogP contribution in [0.25, 0.3) is 10.8 Å². The van der Waals surface area contributed by atoms with Crippen molar-refractivity contribution in [2.45, 2.75) is 25.9 Å². The van der Waals surface area contributed by atoms with Crippen LogP contribution in [0.3, 0.4) is 0 Å². The van der Waals surface area contributed by atoms with Gasteiger partial charge in [-0.1, -0.05) is 36.1 Å². The van der Waals surface area contributed by atoms with E-state index in [2.05, 4.69) is 70.2 Å². The van der Waals surface area contributed by atoms with E-state index in [1.807, 2.05) is 12.1 Å². The van der Waals surface area contributed by atoms with Crippen LogP contribution in [0.4, 0.5) is 5.69 Å². The number of morpholine rings is 1. The third-order valence-corrected chi connectivity index (χ3v) is 8.51. The Morgan fingerprint density at radius 3 is 2.34 bits per heavy atom. The lowest BCUT2D eigenvalue weighted by molar-refractivity contribution is -0.139. The van der Waals surface area contributed by atoms with Crippen molar-refractivity contribution < 1.29 is 23.4 Å². The number of carboxylic acids is 1. The second kappa shape index (κ2) is 13.6. The highest BCUT2D eigenvalue weighted by Gasteiger charge is 2.30. The van der Waals surface area contributed by atoms with Crippen LogP contribution in [0.5, 0.6) is 0 Å². The lowest BCUT2D eigenvalue weighted by atomic mass is 10.0. The monoisotopic (exact) mass is 576 g/mol. The summed E-state index contributed by atoms with van der Waals surface area (Å²) >= 11 is -2.28. The first-order valence-electron chi connectivity index (χ1n) is 13.9. The third-order valence-electron chi connectivity index (χ3n) is 7.60. The minimum Gasteiger partial charge on any atom is -0.481 e. The quantitative estimate of drug-likeness (QED) is 0.311. The summed E-state index contributed by atoms with van der Waals surface area (Å²) in [5, 5.41) is 13.3. The van der Waals surface area contributed by atoms with E-state index in [4.69, 9.17) is 9.84 Å². The minimum absolute atomic E-state index is 0.205. The Bertz CT molecular complexity index is 1440. The Morgan fingerprint density at radius 1 is 0.976 bits per heavy atom. The SMILES string of the molecule is CC(CC(=O)O)N(N1CCN(c2ccc(C#Cc3ccc4cccc(CN5CCOCC5)c4c3)cc2)CC1)S(=O)O. The van der Waals surface area contributed by atoms with Crippen molar-refractivity contribution in [3.05, 3.63) is 77.4 Å². The number of piperazine rings is 1. The first-order valence-corrected chi connectivity index (χ1v) is 15.0. The van der Waals surface area contributed by atoms with Crippen molar-refractivity contribution in [1.82, 2.24) is 14.3 Å². The van der Waals surface area contributed by atoms with Crippen molar-refractivity contribution >= 4 is 33.7 Å². The molecule has 2 N–H and O–H groups in total. The number of hydrazine groups is 1. The molecule has 0 aliphatic carbocycles. The number of ether oxygens (including phenoxy) is 1. The summed E-state index contributed by atoms with van der Waals surface area (Å²) in [6.45, 7) is 8.39. The molecule has 0 radical (unpaired) electrons. The number of hydrogen-bond acceptors (Lipinski definition) is 6. The molecule has 216 valence electrons. The molecule has 3 aromatic carbocycles. The molecule has 2 fully saturated rings. The molecule has 2 saturated heterocycles. The number of fused-ring (bicyclic) bond motifs is 1. The summed E-state index contributed by atoms with van der Waals surface area (Å²) < 4.78 is 28.4. The van der Waals surface area contributed by atoms with Gasteiger partial charge in [-0.15, -0.1) is 4.41 Å². The van der Waals surface area contributed by atoms with Crippen LogP contribution in [-0.2, 0) is 27.3 Å². The highest BCUT2D eigenvalue weighted by molar-refractivity contribution is 7.76. The summed E-state index contributed by atoms with van der Waals surface area (Å²) in [7, 11) is 0. The summed E-state index contributed by atoms with van der Waals surface area (Å²) in [6.07, 6.45) is -0.205. The Labute approximate surface area is 243 Å². The Kier molecular flexibility index (Phi) is 9.67. The number of carboxylic acid groups (broad SMARTS) is 1. The predicted molar refractivity (Wildman–Crippen MR) is 161 cm³/mol. The van der Waals surface area contributed by atoms with Crippen molar-refractivity contribution in [3.63, 3.8) is 0 Å². The van der Waals surface area contributed by atoms with Crippen LogP contribution < -0.4 is 4.90 Å².